The van der Waals surface area contributed by atoms with Crippen molar-refractivity contribution < 1.29 is 5.11 Å². The Morgan fingerprint density at radius 2 is 2.50 bits per heavy atom. The largest absolute Gasteiger partial charge is 0.377 e. The molecule has 6 heavy (non-hydrogen) atoms. The van der Waals surface area contributed by atoms with Gasteiger partial charge in [0.1, 0.15) is 0 Å². The quantitative estimate of drug-likeness (QED) is 0.380. The number of nitriles is 1. The molecule has 0 aromatic carbocycles. The van der Waals surface area contributed by atoms with Crippen molar-refractivity contribution in [2.24, 2.45) is 0 Å². The highest BCUT2D eigenvalue weighted by molar-refractivity contribution is 6.18. The number of alkyl halides is 1. The number of aliphatic hydroxyl groups excluding tert-OH is 1. The van der Waals surface area contributed by atoms with Gasteiger partial charge in [0.05, 0.1) is 11.9 Å². The zero-order valence-corrected chi connectivity index (χ0v) is 3.81. The molecule has 0 saturated heterocycles. The van der Waals surface area contributed by atoms with Crippen LogP contribution >= 0.6 is 11.6 Å². The van der Waals surface area contributed by atoms with Crippen molar-refractivity contribution in [1.29, 1.82) is 5.26 Å². The van der Waals surface area contributed by atoms with Gasteiger partial charge < -0.3 is 5.11 Å². The Morgan fingerprint density at radius 1 is 2.00 bits per heavy atom. The maximum atomic E-state index is 8.17. The van der Waals surface area contributed by atoms with E-state index in [1.165, 1.54) is 6.07 Å². The molecule has 0 rings (SSSR count). The molecule has 1 atom stereocenters. The lowest BCUT2D eigenvalue weighted by molar-refractivity contribution is 0.254. The van der Waals surface area contributed by atoms with Crippen molar-refractivity contribution in [2.75, 3.05) is 5.88 Å². The lowest BCUT2D eigenvalue weighted by Crippen LogP contribution is -2.02. The smallest absolute Gasteiger partial charge is 0.153 e. The van der Waals surface area contributed by atoms with Crippen molar-refractivity contribution in [3.63, 3.8) is 0 Å². The molecule has 0 aromatic rings. The van der Waals surface area contributed by atoms with Crippen LogP contribution in [0.5, 0.6) is 0 Å². The number of hydrogen-bond acceptors (Lipinski definition) is 2. The van der Waals surface area contributed by atoms with Gasteiger partial charge in [0, 0.05) is 0 Å². The molecule has 0 amide bonds. The summed E-state index contributed by atoms with van der Waals surface area (Å²) in [7, 11) is 0. The molecule has 0 aliphatic rings. The first-order valence-electron chi connectivity index (χ1n) is 1.45. The van der Waals surface area contributed by atoms with Gasteiger partial charge in [0.25, 0.3) is 0 Å². The van der Waals surface area contributed by atoms with Gasteiger partial charge in [-0.1, -0.05) is 0 Å². The predicted molar refractivity (Wildman–Crippen MR) is 22.3 cm³/mol. The molecule has 0 bridgehead atoms. The summed E-state index contributed by atoms with van der Waals surface area (Å²) in [6, 6.07) is 1.54. The number of rotatable bonds is 1. The highest BCUT2D eigenvalue weighted by atomic mass is 35.5. The highest BCUT2D eigenvalue weighted by Gasteiger charge is 1.92. The fraction of sp³-hybridized carbons (Fsp3) is 0.667. The second kappa shape index (κ2) is 2.95. The molecule has 1 N–H and O–H groups in total. The molecule has 0 fully saturated rings. The molecule has 0 heterocycles. The van der Waals surface area contributed by atoms with Gasteiger partial charge in [0.2, 0.25) is 0 Å². The van der Waals surface area contributed by atoms with E-state index in [4.69, 9.17) is 22.0 Å². The van der Waals surface area contributed by atoms with E-state index in [1.807, 2.05) is 0 Å². The minimum Gasteiger partial charge on any atom is -0.377 e. The van der Waals surface area contributed by atoms with E-state index in [0.29, 0.717) is 0 Å². The third-order valence-corrected chi connectivity index (χ3v) is 0.587. The summed E-state index contributed by atoms with van der Waals surface area (Å²) in [6.45, 7) is 0. The third kappa shape index (κ3) is 2.01. The van der Waals surface area contributed by atoms with Crippen molar-refractivity contribution in [2.45, 2.75) is 6.10 Å². The fourth-order valence-electron chi connectivity index (χ4n) is 0.0345. The van der Waals surface area contributed by atoms with Gasteiger partial charge in [-0.2, -0.15) is 5.26 Å². The van der Waals surface area contributed by atoms with Gasteiger partial charge in [-0.3, -0.25) is 0 Å². The minimum absolute atomic E-state index is 0.00347. The first-order chi connectivity index (χ1) is 2.81. The van der Waals surface area contributed by atoms with E-state index in [2.05, 4.69) is 0 Å². The van der Waals surface area contributed by atoms with Crippen LogP contribution in [-0.2, 0) is 0 Å². The van der Waals surface area contributed by atoms with Crippen LogP contribution in [0.3, 0.4) is 0 Å². The van der Waals surface area contributed by atoms with E-state index in [-0.39, 0.29) is 5.88 Å². The van der Waals surface area contributed by atoms with Gasteiger partial charge in [-0.05, 0) is 0 Å². The molecule has 0 aliphatic heterocycles. The monoisotopic (exact) mass is 105 g/mol. The Morgan fingerprint density at radius 3 is 2.50 bits per heavy atom. The molecular formula is C3H4ClNO. The van der Waals surface area contributed by atoms with Gasteiger partial charge >= 0.3 is 0 Å². The molecule has 0 saturated carbocycles. The van der Waals surface area contributed by atoms with Crippen LogP contribution in [0.25, 0.3) is 0 Å². The first-order valence-corrected chi connectivity index (χ1v) is 1.98. The van der Waals surface area contributed by atoms with Gasteiger partial charge in [-0.25, -0.2) is 0 Å². The Hall–Kier alpha value is -0.260. The molecule has 0 unspecified atom stereocenters. The molecule has 0 aromatic heterocycles. The van der Waals surface area contributed by atoms with Gasteiger partial charge in [0.15, 0.2) is 6.10 Å². The van der Waals surface area contributed by atoms with Crippen molar-refractivity contribution in [3.8, 4) is 6.07 Å². The number of halogens is 1. The van der Waals surface area contributed by atoms with Crippen LogP contribution in [0.4, 0.5) is 0 Å². The predicted octanol–water partition coefficient (Wildman–Crippen LogP) is 0.110. The minimum atomic E-state index is -0.994. The number of hydrogen-bond donors (Lipinski definition) is 1. The van der Waals surface area contributed by atoms with Crippen molar-refractivity contribution in [3.05, 3.63) is 0 Å². The van der Waals surface area contributed by atoms with Crippen LogP contribution in [-0.4, -0.2) is 17.1 Å². The summed E-state index contributed by atoms with van der Waals surface area (Å²) >= 11 is 4.98. The topological polar surface area (TPSA) is 44.0 Å². The first kappa shape index (κ1) is 5.74. The Labute approximate surface area is 41.0 Å². The highest BCUT2D eigenvalue weighted by Crippen LogP contribution is 1.80. The average Bonchev–Trinajstić information content (AvgIpc) is 1.65. The molecule has 2 nitrogen and oxygen atoms in total. The third-order valence-electron chi connectivity index (χ3n) is 0.295. The van der Waals surface area contributed by atoms with E-state index in [1.54, 1.807) is 0 Å². The van der Waals surface area contributed by atoms with Crippen molar-refractivity contribution >= 4 is 11.6 Å². The van der Waals surface area contributed by atoms with Crippen LogP contribution in [0.2, 0.25) is 0 Å². The zero-order chi connectivity index (χ0) is 4.99. The second-order valence-corrected chi connectivity index (χ2v) is 1.11. The average molecular weight is 106 g/mol. The normalized spacial score (nSPS) is 12.8. The lowest BCUT2D eigenvalue weighted by atomic mass is 10.5. The summed E-state index contributed by atoms with van der Waals surface area (Å²) < 4.78 is 0. The molecule has 3 heteroatoms. The summed E-state index contributed by atoms with van der Waals surface area (Å²) in [5, 5.41) is 15.9. The fourth-order valence-corrected chi connectivity index (χ4v) is 0.104. The summed E-state index contributed by atoms with van der Waals surface area (Å²) in [6.07, 6.45) is -0.994. The standard InChI is InChI=1S/C3H4ClNO/c4-1-3(6)2-5/h3,6H,1H2/t3-/m0/s1. The molecule has 0 aliphatic carbocycles. The summed E-state index contributed by atoms with van der Waals surface area (Å²) in [4.78, 5) is 0. The molecule has 0 radical (unpaired) electrons. The van der Waals surface area contributed by atoms with E-state index in [0.717, 1.165) is 0 Å². The van der Waals surface area contributed by atoms with E-state index < -0.39 is 6.10 Å². The molecule has 0 spiro atoms. The van der Waals surface area contributed by atoms with Crippen LogP contribution in [0.1, 0.15) is 0 Å². The number of aliphatic hydroxyl groups is 1. The van der Waals surface area contributed by atoms with Crippen LogP contribution in [0, 0.1) is 11.3 Å². The molecule has 34 valence electrons. The Kier molecular flexibility index (Phi) is 2.82. The molecular weight excluding hydrogens is 101 g/mol. The lowest BCUT2D eigenvalue weighted by Gasteiger charge is -1.85. The Bertz CT molecular complexity index is 67.7. The van der Waals surface area contributed by atoms with Gasteiger partial charge in [-0.15, -0.1) is 11.6 Å². The second-order valence-electron chi connectivity index (χ2n) is 0.799. The SMILES string of the molecule is N#C[C@@H](O)CCl. The van der Waals surface area contributed by atoms with Crippen LogP contribution in [0.15, 0.2) is 0 Å². The zero-order valence-electron chi connectivity index (χ0n) is 3.06. The van der Waals surface area contributed by atoms with Crippen molar-refractivity contribution in [1.82, 2.24) is 0 Å². The maximum absolute atomic E-state index is 8.17. The van der Waals surface area contributed by atoms with Crippen LogP contribution < -0.4 is 0 Å². The van der Waals surface area contributed by atoms with E-state index >= 15 is 0 Å². The summed E-state index contributed by atoms with van der Waals surface area (Å²) in [5.74, 6) is -0.00347. The summed E-state index contributed by atoms with van der Waals surface area (Å²) in [5.41, 5.74) is 0. The number of nitrogens with zero attached hydrogens (tertiary/aromatic N) is 1. The maximum Gasteiger partial charge on any atom is 0.153 e. The van der Waals surface area contributed by atoms with E-state index in [9.17, 15) is 0 Å². The Balaban J connectivity index is 3.04.